The topological polar surface area (TPSA) is 69.7 Å². The van der Waals surface area contributed by atoms with Crippen molar-refractivity contribution in [2.45, 2.75) is 37.0 Å². The molecule has 1 amide bonds. The predicted octanol–water partition coefficient (Wildman–Crippen LogP) is 1.93. The van der Waals surface area contributed by atoms with E-state index in [1.54, 1.807) is 12.1 Å². The molecule has 6 nitrogen and oxygen atoms in total. The molecule has 1 N–H and O–H groups in total. The van der Waals surface area contributed by atoms with Gasteiger partial charge in [-0.05, 0) is 64.2 Å². The Morgan fingerprint density at radius 1 is 1.08 bits per heavy atom. The number of sulfonamides is 1. The van der Waals surface area contributed by atoms with Crippen LogP contribution >= 0.6 is 0 Å². The molecule has 140 valence electrons. The molecule has 1 aliphatic heterocycles. The minimum Gasteiger partial charge on any atom is -0.339 e. The number of nitrogens with zero attached hydrogens (tertiary/aromatic N) is 2. The first-order chi connectivity index (χ1) is 11.9. The molecule has 2 rings (SSSR count). The number of likely N-dealkylation sites (tertiary alicyclic amines) is 1. The van der Waals surface area contributed by atoms with Crippen LogP contribution in [0.25, 0.3) is 0 Å². The van der Waals surface area contributed by atoms with Gasteiger partial charge in [-0.2, -0.15) is 0 Å². The van der Waals surface area contributed by atoms with Gasteiger partial charge in [-0.25, -0.2) is 13.1 Å². The third-order valence-corrected chi connectivity index (χ3v) is 5.86. The molecule has 0 atom stereocenters. The zero-order valence-electron chi connectivity index (χ0n) is 15.2. The van der Waals surface area contributed by atoms with Crippen LogP contribution in [0.4, 0.5) is 0 Å². The minimum atomic E-state index is -3.52. The quantitative estimate of drug-likeness (QED) is 0.748. The molecule has 25 heavy (non-hydrogen) atoms. The third kappa shape index (κ3) is 6.09. The lowest BCUT2D eigenvalue weighted by atomic mass is 10.2. The lowest BCUT2D eigenvalue weighted by Crippen LogP contribution is -2.32. The van der Waals surface area contributed by atoms with Crippen molar-refractivity contribution in [1.82, 2.24) is 14.5 Å². The second kappa shape index (κ2) is 9.31. The molecule has 0 bridgehead atoms. The van der Waals surface area contributed by atoms with Crippen molar-refractivity contribution >= 4 is 15.9 Å². The predicted molar refractivity (Wildman–Crippen MR) is 99.2 cm³/mol. The Labute approximate surface area is 151 Å². The van der Waals surface area contributed by atoms with Gasteiger partial charge in [0.1, 0.15) is 0 Å². The summed E-state index contributed by atoms with van der Waals surface area (Å²) in [6, 6.07) is 6.25. The van der Waals surface area contributed by atoms with E-state index in [2.05, 4.69) is 4.72 Å². The van der Waals surface area contributed by atoms with Gasteiger partial charge in [0.15, 0.2) is 0 Å². The molecule has 0 saturated carbocycles. The number of nitrogens with one attached hydrogen (secondary N) is 1. The summed E-state index contributed by atoms with van der Waals surface area (Å²) >= 11 is 0. The maximum absolute atomic E-state index is 12.5. The van der Waals surface area contributed by atoms with Crippen LogP contribution in [-0.2, 0) is 10.0 Å². The molecule has 1 saturated heterocycles. The number of amides is 1. The average Bonchev–Trinajstić information content (AvgIpc) is 2.87. The fraction of sp³-hybridized carbons (Fsp3) is 0.611. The summed E-state index contributed by atoms with van der Waals surface area (Å²) < 4.78 is 27.2. The first kappa shape index (κ1) is 19.9. The fourth-order valence-electron chi connectivity index (χ4n) is 2.92. The van der Waals surface area contributed by atoms with Gasteiger partial charge in [0.2, 0.25) is 10.0 Å². The second-order valence-electron chi connectivity index (χ2n) is 6.79. The summed E-state index contributed by atoms with van der Waals surface area (Å²) in [5.74, 6) is -0.00945. The summed E-state index contributed by atoms with van der Waals surface area (Å²) in [5, 5.41) is 0. The van der Waals surface area contributed by atoms with E-state index in [1.165, 1.54) is 25.0 Å². The van der Waals surface area contributed by atoms with Gasteiger partial charge in [-0.1, -0.05) is 12.8 Å². The van der Waals surface area contributed by atoms with Crippen LogP contribution in [0.15, 0.2) is 29.2 Å². The molecular weight excluding hydrogens is 338 g/mol. The SMILES string of the molecule is CN(C)CCCNS(=O)(=O)c1ccc(C(=O)N2CCCCCC2)cc1. The molecule has 1 aromatic carbocycles. The van der Waals surface area contributed by atoms with Crippen LogP contribution in [-0.4, -0.2) is 64.4 Å². The number of hydrogen-bond acceptors (Lipinski definition) is 4. The van der Waals surface area contributed by atoms with E-state index in [1.807, 2.05) is 23.9 Å². The van der Waals surface area contributed by atoms with Gasteiger partial charge in [0.25, 0.3) is 5.91 Å². The summed E-state index contributed by atoms with van der Waals surface area (Å²) in [5.41, 5.74) is 0.549. The van der Waals surface area contributed by atoms with Crippen molar-refractivity contribution in [2.24, 2.45) is 0 Å². The van der Waals surface area contributed by atoms with Crippen LogP contribution in [0.2, 0.25) is 0 Å². The molecule has 7 heteroatoms. The monoisotopic (exact) mass is 367 g/mol. The molecule has 0 aliphatic carbocycles. The van der Waals surface area contributed by atoms with E-state index in [4.69, 9.17) is 0 Å². The summed E-state index contributed by atoms with van der Waals surface area (Å²) in [6.07, 6.45) is 5.16. The maximum Gasteiger partial charge on any atom is 0.253 e. The fourth-order valence-corrected chi connectivity index (χ4v) is 3.99. The summed E-state index contributed by atoms with van der Waals surface area (Å²) in [7, 11) is 0.381. The first-order valence-corrected chi connectivity index (χ1v) is 10.4. The van der Waals surface area contributed by atoms with E-state index in [9.17, 15) is 13.2 Å². The Kier molecular flexibility index (Phi) is 7.40. The number of carbonyl (C=O) groups excluding carboxylic acids is 1. The number of benzene rings is 1. The number of hydrogen-bond donors (Lipinski definition) is 1. The van der Waals surface area contributed by atoms with Gasteiger partial charge in [-0.15, -0.1) is 0 Å². The molecule has 1 heterocycles. The van der Waals surface area contributed by atoms with Gasteiger partial charge in [-0.3, -0.25) is 4.79 Å². The number of rotatable bonds is 7. The number of carbonyl (C=O) groups is 1. The van der Waals surface area contributed by atoms with Crippen LogP contribution in [0.5, 0.6) is 0 Å². The Morgan fingerprint density at radius 3 is 2.24 bits per heavy atom. The van der Waals surface area contributed by atoms with E-state index in [0.29, 0.717) is 12.1 Å². The van der Waals surface area contributed by atoms with Crippen LogP contribution < -0.4 is 4.72 Å². The van der Waals surface area contributed by atoms with Gasteiger partial charge in [0.05, 0.1) is 4.90 Å². The largest absolute Gasteiger partial charge is 0.339 e. The summed E-state index contributed by atoms with van der Waals surface area (Å²) in [4.78, 5) is 16.6. The van der Waals surface area contributed by atoms with Crippen molar-refractivity contribution in [3.8, 4) is 0 Å². The summed E-state index contributed by atoms with van der Waals surface area (Å²) in [6.45, 7) is 2.79. The molecule has 0 aromatic heterocycles. The molecule has 1 aromatic rings. The van der Waals surface area contributed by atoms with Crippen LogP contribution in [0, 0.1) is 0 Å². The normalized spacial score (nSPS) is 16.0. The van der Waals surface area contributed by atoms with Crippen molar-refractivity contribution in [3.05, 3.63) is 29.8 Å². The van der Waals surface area contributed by atoms with Crippen molar-refractivity contribution in [1.29, 1.82) is 0 Å². The van der Waals surface area contributed by atoms with E-state index < -0.39 is 10.0 Å². The lowest BCUT2D eigenvalue weighted by molar-refractivity contribution is 0.0761. The Morgan fingerprint density at radius 2 is 1.68 bits per heavy atom. The molecular formula is C18H29N3O3S. The highest BCUT2D eigenvalue weighted by Gasteiger charge is 2.19. The van der Waals surface area contributed by atoms with Crippen molar-refractivity contribution < 1.29 is 13.2 Å². The van der Waals surface area contributed by atoms with E-state index >= 15 is 0 Å². The molecule has 0 spiro atoms. The zero-order chi connectivity index (χ0) is 18.3. The minimum absolute atomic E-state index is 0.00945. The molecule has 1 aliphatic rings. The lowest BCUT2D eigenvalue weighted by Gasteiger charge is -2.20. The highest BCUT2D eigenvalue weighted by Crippen LogP contribution is 2.15. The highest BCUT2D eigenvalue weighted by molar-refractivity contribution is 7.89. The highest BCUT2D eigenvalue weighted by atomic mass is 32.2. The standard InChI is InChI=1S/C18H29N3O3S/c1-20(2)13-7-12-19-25(23,24)17-10-8-16(9-11-17)18(22)21-14-5-3-4-6-15-21/h8-11,19H,3-7,12-15H2,1-2H3. The van der Waals surface area contributed by atoms with Crippen molar-refractivity contribution in [2.75, 3.05) is 40.3 Å². The van der Waals surface area contributed by atoms with E-state index in [-0.39, 0.29) is 10.8 Å². The molecule has 0 radical (unpaired) electrons. The van der Waals surface area contributed by atoms with Crippen LogP contribution in [0.1, 0.15) is 42.5 Å². The zero-order valence-corrected chi connectivity index (χ0v) is 16.0. The smallest absolute Gasteiger partial charge is 0.253 e. The Hall–Kier alpha value is -1.44. The molecule has 0 unspecified atom stereocenters. The Bertz CT molecular complexity index is 649. The Balaban J connectivity index is 1.97. The maximum atomic E-state index is 12.5. The first-order valence-electron chi connectivity index (χ1n) is 8.94. The average molecular weight is 368 g/mol. The molecule has 1 fully saturated rings. The van der Waals surface area contributed by atoms with E-state index in [0.717, 1.165) is 38.9 Å². The van der Waals surface area contributed by atoms with Gasteiger partial charge < -0.3 is 9.80 Å². The van der Waals surface area contributed by atoms with Crippen molar-refractivity contribution in [3.63, 3.8) is 0 Å². The van der Waals surface area contributed by atoms with Gasteiger partial charge >= 0.3 is 0 Å². The van der Waals surface area contributed by atoms with Crippen LogP contribution in [0.3, 0.4) is 0 Å². The third-order valence-electron chi connectivity index (χ3n) is 4.38. The van der Waals surface area contributed by atoms with Gasteiger partial charge in [0, 0.05) is 25.2 Å². The second-order valence-corrected chi connectivity index (χ2v) is 8.55.